The first-order valence-electron chi connectivity index (χ1n) is 9.18. The monoisotopic (exact) mass is 443 g/mol. The number of benzene rings is 1. The molecular weight excluding hydrogens is 430 g/mol. The highest BCUT2D eigenvalue weighted by Gasteiger charge is 2.36. The first-order valence-corrected chi connectivity index (χ1v) is 10.9. The molecule has 0 amide bonds. The molecule has 0 radical (unpaired) electrons. The molecule has 4 aromatic rings. The van der Waals surface area contributed by atoms with Gasteiger partial charge in [-0.25, -0.2) is 0 Å². The Balaban J connectivity index is 1.77. The van der Waals surface area contributed by atoms with Crippen molar-refractivity contribution < 1.29 is 4.74 Å². The predicted octanol–water partition coefficient (Wildman–Crippen LogP) is 4.48. The van der Waals surface area contributed by atoms with Gasteiger partial charge in [0.15, 0.2) is 5.75 Å². The van der Waals surface area contributed by atoms with Gasteiger partial charge in [0, 0.05) is 10.6 Å². The van der Waals surface area contributed by atoms with Gasteiger partial charge in [-0.2, -0.15) is 10.5 Å². The number of fused-ring (bicyclic) bond motifs is 3. The van der Waals surface area contributed by atoms with Crippen molar-refractivity contribution in [2.45, 2.75) is 5.92 Å². The van der Waals surface area contributed by atoms with Crippen molar-refractivity contribution in [1.82, 2.24) is 4.98 Å². The fourth-order valence-corrected chi connectivity index (χ4v) is 5.60. The van der Waals surface area contributed by atoms with Crippen LogP contribution in [0.4, 0.5) is 10.7 Å². The molecule has 3 aromatic heterocycles. The first-order chi connectivity index (χ1) is 15.1. The number of aromatic nitrogens is 1. The Hall–Kier alpha value is -4.05. The predicted molar refractivity (Wildman–Crippen MR) is 121 cm³/mol. The van der Waals surface area contributed by atoms with E-state index in [9.17, 15) is 15.3 Å². The van der Waals surface area contributed by atoms with Gasteiger partial charge in [-0.15, -0.1) is 22.7 Å². The minimum atomic E-state index is -0.625. The Bertz CT molecular complexity index is 1490. The van der Waals surface area contributed by atoms with Gasteiger partial charge in [0.1, 0.15) is 28.3 Å². The quantitative estimate of drug-likeness (QED) is 0.428. The number of aromatic amines is 1. The van der Waals surface area contributed by atoms with Gasteiger partial charge >= 0.3 is 0 Å². The number of nitrogens with zero attached hydrogens (tertiary/aromatic N) is 2. The third-order valence-corrected chi connectivity index (χ3v) is 7.03. The van der Waals surface area contributed by atoms with Crippen LogP contribution < -0.4 is 21.3 Å². The summed E-state index contributed by atoms with van der Waals surface area (Å²) in [5.74, 6) is -0.374. The lowest BCUT2D eigenvalue weighted by atomic mass is 9.89. The van der Waals surface area contributed by atoms with Crippen molar-refractivity contribution in [3.05, 3.63) is 85.7 Å². The molecule has 1 aromatic carbocycles. The molecular formula is C22H13N5O2S2. The second kappa shape index (κ2) is 7.33. The molecule has 7 nitrogen and oxygen atoms in total. The van der Waals surface area contributed by atoms with Crippen LogP contribution in [0, 0.1) is 22.7 Å². The molecule has 0 saturated carbocycles. The van der Waals surface area contributed by atoms with Crippen molar-refractivity contribution in [1.29, 1.82) is 10.5 Å². The maximum absolute atomic E-state index is 13.2. The standard InChI is InChI=1S/C22H13N5O2S2/c23-9-12-15(14-7-4-8-30-14)16-18(29-20(12)25)19-17(27-21(16)28)13(10-24)22(31-19)26-11-5-2-1-3-6-11/h1-8,15,26H,25H2,(H,27,28). The summed E-state index contributed by atoms with van der Waals surface area (Å²) in [6, 6.07) is 17.4. The second-order valence-corrected chi connectivity index (χ2v) is 8.75. The van der Waals surface area contributed by atoms with Gasteiger partial charge < -0.3 is 20.8 Å². The normalized spacial score (nSPS) is 15.1. The molecule has 0 fully saturated rings. The van der Waals surface area contributed by atoms with E-state index < -0.39 is 11.5 Å². The molecule has 9 heteroatoms. The summed E-state index contributed by atoms with van der Waals surface area (Å²) in [6.45, 7) is 0. The Morgan fingerprint density at radius 2 is 1.94 bits per heavy atom. The van der Waals surface area contributed by atoms with Crippen LogP contribution in [-0.4, -0.2) is 4.98 Å². The molecule has 0 bridgehead atoms. The van der Waals surface area contributed by atoms with Crippen LogP contribution in [-0.2, 0) is 0 Å². The van der Waals surface area contributed by atoms with Crippen LogP contribution in [0.1, 0.15) is 21.9 Å². The number of anilines is 2. The molecule has 4 heterocycles. The van der Waals surface area contributed by atoms with Crippen molar-refractivity contribution in [3.8, 4) is 17.9 Å². The number of allylic oxidation sites excluding steroid dienone is 1. The van der Waals surface area contributed by atoms with Gasteiger partial charge in [-0.05, 0) is 23.6 Å². The molecule has 0 spiro atoms. The smallest absolute Gasteiger partial charge is 0.256 e. The number of nitrogens with one attached hydrogen (secondary N) is 2. The van der Waals surface area contributed by atoms with Crippen LogP contribution >= 0.6 is 22.7 Å². The molecule has 1 aliphatic rings. The van der Waals surface area contributed by atoms with Gasteiger partial charge in [-0.3, -0.25) is 4.79 Å². The van der Waals surface area contributed by atoms with E-state index in [0.29, 0.717) is 26.3 Å². The summed E-state index contributed by atoms with van der Waals surface area (Å²) in [4.78, 5) is 16.8. The van der Waals surface area contributed by atoms with Gasteiger partial charge in [0.2, 0.25) is 5.88 Å². The van der Waals surface area contributed by atoms with E-state index in [1.54, 1.807) is 0 Å². The van der Waals surface area contributed by atoms with Gasteiger partial charge in [-0.1, -0.05) is 24.3 Å². The Labute approximate surface area is 184 Å². The van der Waals surface area contributed by atoms with Crippen LogP contribution in [0.15, 0.2) is 64.1 Å². The highest BCUT2D eigenvalue weighted by molar-refractivity contribution is 7.23. The number of pyridine rings is 1. The topological polar surface area (TPSA) is 128 Å². The van der Waals surface area contributed by atoms with Crippen molar-refractivity contribution in [2.24, 2.45) is 5.73 Å². The third-order valence-electron chi connectivity index (χ3n) is 4.99. The number of ether oxygens (including phenoxy) is 1. The van der Waals surface area contributed by atoms with E-state index in [0.717, 1.165) is 10.6 Å². The number of hydrogen-bond donors (Lipinski definition) is 3. The average Bonchev–Trinajstić information content (AvgIpc) is 3.41. The number of para-hydroxylation sites is 1. The third kappa shape index (κ3) is 2.96. The van der Waals surface area contributed by atoms with E-state index in [1.807, 2.05) is 47.8 Å². The maximum Gasteiger partial charge on any atom is 0.256 e. The largest absolute Gasteiger partial charge is 0.438 e. The average molecular weight is 444 g/mol. The summed E-state index contributed by atoms with van der Waals surface area (Å²) < 4.78 is 6.40. The number of hydrogen-bond acceptors (Lipinski definition) is 8. The van der Waals surface area contributed by atoms with Crippen LogP contribution in [0.25, 0.3) is 10.2 Å². The Morgan fingerprint density at radius 3 is 2.61 bits per heavy atom. The SMILES string of the molecule is N#CC1=C(N)Oc2c(c(=O)[nH]c3c(C#N)c(Nc4ccccc4)sc23)C1c1cccs1. The number of H-pyrrole nitrogens is 1. The van der Waals surface area contributed by atoms with Gasteiger partial charge in [0.05, 0.1) is 21.7 Å². The van der Waals surface area contributed by atoms with Crippen molar-refractivity contribution >= 4 is 43.6 Å². The molecule has 150 valence electrons. The fraction of sp³-hybridized carbons (Fsp3) is 0.0455. The van der Waals surface area contributed by atoms with Gasteiger partial charge in [0.25, 0.3) is 5.56 Å². The molecule has 1 aliphatic heterocycles. The van der Waals surface area contributed by atoms with E-state index >= 15 is 0 Å². The zero-order chi connectivity index (χ0) is 21.5. The highest BCUT2D eigenvalue weighted by Crippen LogP contribution is 2.48. The summed E-state index contributed by atoms with van der Waals surface area (Å²) in [5, 5.41) is 25.2. The summed E-state index contributed by atoms with van der Waals surface area (Å²) in [7, 11) is 0. The number of thiophene rings is 2. The summed E-state index contributed by atoms with van der Waals surface area (Å²) in [6.07, 6.45) is 0. The Kier molecular flexibility index (Phi) is 4.48. The number of nitrogens with two attached hydrogens (primary N) is 1. The lowest BCUT2D eigenvalue weighted by molar-refractivity contribution is 0.398. The number of rotatable bonds is 3. The minimum absolute atomic E-state index is 0.0372. The molecule has 31 heavy (non-hydrogen) atoms. The summed E-state index contributed by atoms with van der Waals surface area (Å²) in [5.41, 5.74) is 7.70. The Morgan fingerprint density at radius 1 is 1.13 bits per heavy atom. The molecule has 0 aliphatic carbocycles. The van der Waals surface area contributed by atoms with E-state index in [4.69, 9.17) is 10.5 Å². The zero-order valence-corrected chi connectivity index (χ0v) is 17.4. The van der Waals surface area contributed by atoms with Crippen molar-refractivity contribution in [2.75, 3.05) is 5.32 Å². The van der Waals surface area contributed by atoms with Crippen LogP contribution in [0.5, 0.6) is 5.75 Å². The first kappa shape index (κ1) is 18.9. The van der Waals surface area contributed by atoms with E-state index in [1.165, 1.54) is 22.7 Å². The highest BCUT2D eigenvalue weighted by atomic mass is 32.1. The lowest BCUT2D eigenvalue weighted by Gasteiger charge is -2.24. The number of nitriles is 2. The molecule has 1 unspecified atom stereocenters. The van der Waals surface area contributed by atoms with Crippen LogP contribution in [0.2, 0.25) is 0 Å². The minimum Gasteiger partial charge on any atom is -0.438 e. The van der Waals surface area contributed by atoms with E-state index in [-0.39, 0.29) is 17.2 Å². The maximum atomic E-state index is 13.2. The molecule has 4 N–H and O–H groups in total. The van der Waals surface area contributed by atoms with E-state index in [2.05, 4.69) is 22.4 Å². The fourth-order valence-electron chi connectivity index (χ4n) is 3.64. The lowest BCUT2D eigenvalue weighted by Crippen LogP contribution is -2.27. The zero-order valence-electron chi connectivity index (χ0n) is 15.8. The van der Waals surface area contributed by atoms with Crippen LogP contribution in [0.3, 0.4) is 0 Å². The molecule has 0 saturated heterocycles. The molecule has 5 rings (SSSR count). The van der Waals surface area contributed by atoms with Crippen molar-refractivity contribution in [3.63, 3.8) is 0 Å². The summed E-state index contributed by atoms with van der Waals surface area (Å²) >= 11 is 2.72. The molecule has 1 atom stereocenters. The second-order valence-electron chi connectivity index (χ2n) is 6.75.